The van der Waals surface area contributed by atoms with Crippen LogP contribution >= 0.6 is 11.3 Å². The maximum absolute atomic E-state index is 5.53. The van der Waals surface area contributed by atoms with Gasteiger partial charge in [0.1, 0.15) is 5.75 Å². The second-order valence-corrected chi connectivity index (χ2v) is 11.6. The van der Waals surface area contributed by atoms with Crippen LogP contribution in [0, 0.1) is 0 Å². The predicted octanol–water partition coefficient (Wildman–Crippen LogP) is 11.5. The molecule has 3 heteroatoms. The minimum Gasteiger partial charge on any atom is -0.497 e. The molecule has 0 amide bonds. The molecule has 42 heavy (non-hydrogen) atoms. The minimum atomic E-state index is 0.839. The Morgan fingerprint density at radius 2 is 1.17 bits per heavy atom. The fourth-order valence-electron chi connectivity index (χ4n) is 6.11. The molecule has 8 aromatic rings. The second-order valence-electron chi connectivity index (χ2n) is 10.6. The molecular formula is C39H27NOS. The van der Waals surface area contributed by atoms with Gasteiger partial charge in [0, 0.05) is 37.1 Å². The highest BCUT2D eigenvalue weighted by atomic mass is 32.1. The van der Waals surface area contributed by atoms with E-state index in [4.69, 9.17) is 4.74 Å². The Morgan fingerprint density at radius 3 is 2.00 bits per heavy atom. The summed E-state index contributed by atoms with van der Waals surface area (Å²) in [5, 5.41) is 7.49. The van der Waals surface area contributed by atoms with Crippen LogP contribution in [0.4, 0.5) is 17.1 Å². The van der Waals surface area contributed by atoms with Gasteiger partial charge in [0.25, 0.3) is 0 Å². The fourth-order valence-corrected chi connectivity index (χ4v) is 7.19. The first kappa shape index (κ1) is 24.7. The van der Waals surface area contributed by atoms with Gasteiger partial charge in [-0.25, -0.2) is 0 Å². The molecule has 2 nitrogen and oxygen atoms in total. The van der Waals surface area contributed by atoms with Crippen LogP contribution in [0.5, 0.6) is 5.75 Å². The fraction of sp³-hybridized carbons (Fsp3) is 0.0256. The topological polar surface area (TPSA) is 12.5 Å². The maximum atomic E-state index is 5.53. The lowest BCUT2D eigenvalue weighted by atomic mass is 9.93. The van der Waals surface area contributed by atoms with Gasteiger partial charge in [-0.15, -0.1) is 11.3 Å². The van der Waals surface area contributed by atoms with E-state index >= 15 is 0 Å². The van der Waals surface area contributed by atoms with Gasteiger partial charge in [-0.2, -0.15) is 0 Å². The number of methoxy groups -OCH3 is 1. The molecule has 0 atom stereocenters. The van der Waals surface area contributed by atoms with Gasteiger partial charge in [-0.05, 0) is 87.8 Å². The average molecular weight is 558 g/mol. The Labute approximate surface area is 248 Å². The van der Waals surface area contributed by atoms with Crippen molar-refractivity contribution in [2.45, 2.75) is 0 Å². The van der Waals surface area contributed by atoms with Gasteiger partial charge >= 0.3 is 0 Å². The number of nitrogens with zero attached hydrogens (tertiary/aromatic N) is 1. The highest BCUT2D eigenvalue weighted by molar-refractivity contribution is 7.25. The quantitative estimate of drug-likeness (QED) is 0.209. The Morgan fingerprint density at radius 1 is 0.500 bits per heavy atom. The summed E-state index contributed by atoms with van der Waals surface area (Å²) in [5.41, 5.74) is 5.74. The minimum absolute atomic E-state index is 0.839. The van der Waals surface area contributed by atoms with Crippen molar-refractivity contribution < 1.29 is 4.74 Å². The smallest absolute Gasteiger partial charge is 0.119 e. The zero-order valence-electron chi connectivity index (χ0n) is 23.1. The Kier molecular flexibility index (Phi) is 5.90. The summed E-state index contributed by atoms with van der Waals surface area (Å²) in [4.78, 5) is 2.39. The molecule has 0 radical (unpaired) electrons. The monoisotopic (exact) mass is 557 g/mol. The zero-order chi connectivity index (χ0) is 28.0. The largest absolute Gasteiger partial charge is 0.497 e. The van der Waals surface area contributed by atoms with Crippen LogP contribution in [0.15, 0.2) is 146 Å². The number of thiophene rings is 1. The van der Waals surface area contributed by atoms with Crippen LogP contribution in [0.2, 0.25) is 0 Å². The number of hydrogen-bond acceptors (Lipinski definition) is 3. The summed E-state index contributed by atoms with van der Waals surface area (Å²) in [5.74, 6) is 0.839. The van der Waals surface area contributed by atoms with Crippen molar-refractivity contribution in [1.82, 2.24) is 0 Å². The van der Waals surface area contributed by atoms with E-state index in [1.807, 2.05) is 23.5 Å². The molecule has 1 aromatic heterocycles. The van der Waals surface area contributed by atoms with E-state index in [-0.39, 0.29) is 0 Å². The van der Waals surface area contributed by atoms with E-state index in [0.29, 0.717) is 0 Å². The maximum Gasteiger partial charge on any atom is 0.119 e. The van der Waals surface area contributed by atoms with Gasteiger partial charge in [0.15, 0.2) is 0 Å². The summed E-state index contributed by atoms with van der Waals surface area (Å²) in [6.45, 7) is 0. The van der Waals surface area contributed by atoms with Crippen molar-refractivity contribution in [2.75, 3.05) is 12.0 Å². The number of ether oxygens (including phenoxy) is 1. The van der Waals surface area contributed by atoms with Crippen LogP contribution in [0.3, 0.4) is 0 Å². The second kappa shape index (κ2) is 10.1. The van der Waals surface area contributed by atoms with Gasteiger partial charge < -0.3 is 9.64 Å². The van der Waals surface area contributed by atoms with E-state index in [2.05, 4.69) is 138 Å². The first-order valence-corrected chi connectivity index (χ1v) is 14.9. The van der Waals surface area contributed by atoms with E-state index < -0.39 is 0 Å². The molecule has 0 saturated heterocycles. The molecule has 0 aliphatic rings. The molecule has 7 aromatic carbocycles. The molecule has 0 aliphatic heterocycles. The van der Waals surface area contributed by atoms with Crippen molar-refractivity contribution >= 4 is 70.1 Å². The van der Waals surface area contributed by atoms with E-state index in [0.717, 1.165) is 22.8 Å². The normalized spacial score (nSPS) is 11.5. The molecule has 0 spiro atoms. The van der Waals surface area contributed by atoms with Crippen molar-refractivity contribution in [2.24, 2.45) is 0 Å². The summed E-state index contributed by atoms with van der Waals surface area (Å²) >= 11 is 1.85. The molecule has 0 N–H and O–H groups in total. The van der Waals surface area contributed by atoms with Crippen LogP contribution < -0.4 is 9.64 Å². The molecule has 0 fully saturated rings. The van der Waals surface area contributed by atoms with Gasteiger partial charge in [0.2, 0.25) is 0 Å². The predicted molar refractivity (Wildman–Crippen MR) is 181 cm³/mol. The number of fused-ring (bicyclic) bond motifs is 5. The molecule has 1 heterocycles. The summed E-state index contributed by atoms with van der Waals surface area (Å²) in [6.07, 6.45) is 0. The molecule has 0 unspecified atom stereocenters. The van der Waals surface area contributed by atoms with Crippen LogP contribution in [0.1, 0.15) is 0 Å². The number of hydrogen-bond donors (Lipinski definition) is 0. The Balaban J connectivity index is 1.43. The van der Waals surface area contributed by atoms with Gasteiger partial charge in [0.05, 0.1) is 12.8 Å². The van der Waals surface area contributed by atoms with Crippen molar-refractivity contribution in [3.8, 4) is 16.9 Å². The van der Waals surface area contributed by atoms with Crippen molar-refractivity contribution in [3.63, 3.8) is 0 Å². The summed E-state index contributed by atoms with van der Waals surface area (Å²) < 4.78 is 8.13. The molecule has 0 aliphatic carbocycles. The molecule has 8 rings (SSSR count). The van der Waals surface area contributed by atoms with Crippen LogP contribution in [-0.4, -0.2) is 7.11 Å². The molecular weight excluding hydrogens is 531 g/mol. The SMILES string of the molecule is COc1ccc(N(c2ccc3sc4ccccc4c3c2)c2ccc3ccccc3c2-c2ccc3ccccc3c2)cc1. The highest BCUT2D eigenvalue weighted by Crippen LogP contribution is 2.46. The lowest BCUT2D eigenvalue weighted by Gasteiger charge is -2.29. The van der Waals surface area contributed by atoms with E-state index in [9.17, 15) is 0 Å². The molecule has 0 bridgehead atoms. The third-order valence-corrected chi connectivity index (χ3v) is 9.29. The first-order chi connectivity index (χ1) is 20.8. The number of anilines is 3. The lowest BCUT2D eigenvalue weighted by molar-refractivity contribution is 0.415. The molecule has 200 valence electrons. The van der Waals surface area contributed by atoms with Crippen LogP contribution in [-0.2, 0) is 0 Å². The molecule has 0 saturated carbocycles. The third-order valence-electron chi connectivity index (χ3n) is 8.14. The van der Waals surface area contributed by atoms with E-state index in [1.165, 1.54) is 52.8 Å². The zero-order valence-corrected chi connectivity index (χ0v) is 23.9. The summed E-state index contributed by atoms with van der Waals surface area (Å²) in [7, 11) is 1.71. The number of benzene rings is 7. The summed E-state index contributed by atoms with van der Waals surface area (Å²) in [6, 6.07) is 52.5. The van der Waals surface area contributed by atoms with Crippen LogP contribution in [0.25, 0.3) is 52.8 Å². The third kappa shape index (κ3) is 4.09. The Bertz CT molecular complexity index is 2250. The van der Waals surface area contributed by atoms with Gasteiger partial charge in [-0.1, -0.05) is 84.9 Å². The first-order valence-electron chi connectivity index (χ1n) is 14.1. The number of rotatable bonds is 5. The standard InChI is InChI=1S/C39H27NOS/c1-41-32-20-17-30(18-21-32)40(31-19-23-38-35(25-31)34-12-6-7-13-37(34)42-38)36-22-16-27-9-4-5-11-33(27)39(36)29-15-14-26-8-2-3-10-28(26)24-29/h2-25H,1H3. The highest BCUT2D eigenvalue weighted by Gasteiger charge is 2.21. The Hall–Kier alpha value is -5.12. The van der Waals surface area contributed by atoms with Crippen molar-refractivity contribution in [1.29, 1.82) is 0 Å². The average Bonchev–Trinajstić information content (AvgIpc) is 3.43. The lowest BCUT2D eigenvalue weighted by Crippen LogP contribution is -2.11. The van der Waals surface area contributed by atoms with Gasteiger partial charge in [-0.3, -0.25) is 0 Å². The van der Waals surface area contributed by atoms with Crippen molar-refractivity contribution in [3.05, 3.63) is 146 Å². The van der Waals surface area contributed by atoms with E-state index in [1.54, 1.807) is 7.11 Å².